The van der Waals surface area contributed by atoms with Crippen LogP contribution >= 0.6 is 0 Å². The first-order chi connectivity index (χ1) is 12.1. The van der Waals surface area contributed by atoms with Gasteiger partial charge in [0, 0.05) is 13.2 Å². The van der Waals surface area contributed by atoms with E-state index in [1.165, 1.54) is 6.07 Å². The molecule has 0 spiro atoms. The molecule has 1 aromatic rings. The minimum atomic E-state index is -0.968. The molecule has 0 saturated carbocycles. The lowest BCUT2D eigenvalue weighted by molar-refractivity contribution is -0.115. The number of ether oxygens (including phenoxy) is 1. The second-order valence-electron chi connectivity index (χ2n) is 5.83. The Morgan fingerprint density at radius 3 is 2.72 bits per heavy atom. The summed E-state index contributed by atoms with van der Waals surface area (Å²) in [7, 11) is 0. The fourth-order valence-corrected chi connectivity index (χ4v) is 2.77. The molecule has 7 nitrogen and oxygen atoms in total. The Morgan fingerprint density at radius 2 is 2.04 bits per heavy atom. The molecule has 25 heavy (non-hydrogen) atoms. The first kappa shape index (κ1) is 17.3. The Hall–Kier alpha value is -2.55. The van der Waals surface area contributed by atoms with Gasteiger partial charge in [0.1, 0.15) is 22.9 Å². The highest BCUT2D eigenvalue weighted by atomic mass is 19.1. The molecule has 1 aromatic carbocycles. The summed E-state index contributed by atoms with van der Waals surface area (Å²) in [5.74, 6) is -3.33. The van der Waals surface area contributed by atoms with E-state index in [9.17, 15) is 18.4 Å². The molecule has 2 atom stereocenters. The van der Waals surface area contributed by atoms with Crippen molar-refractivity contribution in [1.29, 1.82) is 0 Å². The number of nitrogens with zero attached hydrogens (tertiary/aromatic N) is 1. The molecule has 2 unspecified atom stereocenters. The van der Waals surface area contributed by atoms with Crippen LogP contribution in [-0.2, 0) is 9.53 Å². The van der Waals surface area contributed by atoms with Crippen LogP contribution in [0.15, 0.2) is 23.3 Å². The number of benzene rings is 1. The number of hydrogen-bond acceptors (Lipinski definition) is 5. The smallest absolute Gasteiger partial charge is 0.269 e. The Balaban J connectivity index is 1.61. The molecule has 9 heteroatoms. The maximum Gasteiger partial charge on any atom is 0.269 e. The van der Waals surface area contributed by atoms with Gasteiger partial charge in [-0.1, -0.05) is 6.07 Å². The van der Waals surface area contributed by atoms with Gasteiger partial charge in [-0.15, -0.1) is 0 Å². The maximum atomic E-state index is 13.7. The fourth-order valence-electron chi connectivity index (χ4n) is 2.77. The van der Waals surface area contributed by atoms with E-state index >= 15 is 0 Å². The lowest BCUT2D eigenvalue weighted by Gasteiger charge is -2.16. The Labute approximate surface area is 142 Å². The summed E-state index contributed by atoms with van der Waals surface area (Å²) in [5, 5.41) is 9.00. The normalized spacial score (nSPS) is 22.2. The highest BCUT2D eigenvalue weighted by molar-refractivity contribution is 6.41. The summed E-state index contributed by atoms with van der Waals surface area (Å²) in [6.07, 6.45) is 1.80. The van der Waals surface area contributed by atoms with E-state index < -0.39 is 35.1 Å². The Kier molecular flexibility index (Phi) is 5.22. The van der Waals surface area contributed by atoms with Gasteiger partial charge in [-0.2, -0.15) is 5.10 Å². The van der Waals surface area contributed by atoms with E-state index in [0.29, 0.717) is 13.2 Å². The van der Waals surface area contributed by atoms with Crippen molar-refractivity contribution in [2.24, 2.45) is 5.10 Å². The predicted molar refractivity (Wildman–Crippen MR) is 85.0 cm³/mol. The lowest BCUT2D eigenvalue weighted by Crippen LogP contribution is -2.48. The third-order valence-corrected chi connectivity index (χ3v) is 4.07. The van der Waals surface area contributed by atoms with Crippen molar-refractivity contribution >= 4 is 17.5 Å². The van der Waals surface area contributed by atoms with Gasteiger partial charge in [-0.3, -0.25) is 9.59 Å². The van der Waals surface area contributed by atoms with Gasteiger partial charge in [0.25, 0.3) is 11.8 Å². The summed E-state index contributed by atoms with van der Waals surface area (Å²) >= 11 is 0. The number of amides is 2. The van der Waals surface area contributed by atoms with E-state index in [-0.39, 0.29) is 18.4 Å². The summed E-state index contributed by atoms with van der Waals surface area (Å²) in [6, 6.07) is 2.38. The molecule has 2 aliphatic rings. The monoisotopic (exact) mass is 352 g/mol. The molecule has 3 N–H and O–H groups in total. The third kappa shape index (κ3) is 3.93. The highest BCUT2D eigenvalue weighted by Gasteiger charge is 2.31. The van der Waals surface area contributed by atoms with E-state index in [4.69, 9.17) is 4.74 Å². The standard InChI is InChI=1S/C16H18F2N4O3/c17-10-4-1-5-11(18)13(10)15(23)21-12-8-20-22-14(12)16(24)19-7-9-3-2-6-25-9/h1,4-5,9,12,20H,2-3,6-8H2,(H,19,24)(H,21,23). The summed E-state index contributed by atoms with van der Waals surface area (Å²) < 4.78 is 32.8. The lowest BCUT2D eigenvalue weighted by atomic mass is 10.1. The van der Waals surface area contributed by atoms with Crippen LogP contribution < -0.4 is 16.1 Å². The molecule has 134 valence electrons. The van der Waals surface area contributed by atoms with Crippen LogP contribution in [0.4, 0.5) is 8.78 Å². The summed E-state index contributed by atoms with van der Waals surface area (Å²) in [5.41, 5.74) is 1.98. The minimum Gasteiger partial charge on any atom is -0.376 e. The largest absolute Gasteiger partial charge is 0.376 e. The van der Waals surface area contributed by atoms with E-state index in [1.807, 2.05) is 0 Å². The number of halogens is 2. The molecule has 0 aliphatic carbocycles. The van der Waals surface area contributed by atoms with Crippen LogP contribution in [0.3, 0.4) is 0 Å². The number of hydrogen-bond donors (Lipinski definition) is 3. The van der Waals surface area contributed by atoms with Crippen molar-refractivity contribution in [3.8, 4) is 0 Å². The van der Waals surface area contributed by atoms with Crippen molar-refractivity contribution < 1.29 is 23.1 Å². The number of carbonyl (C=O) groups is 2. The van der Waals surface area contributed by atoms with Crippen LogP contribution in [0.1, 0.15) is 23.2 Å². The second kappa shape index (κ2) is 7.56. The SMILES string of the molecule is O=C(NCC1CCCO1)C1=NNCC1NC(=O)c1c(F)cccc1F. The van der Waals surface area contributed by atoms with Crippen molar-refractivity contribution in [2.45, 2.75) is 25.0 Å². The zero-order chi connectivity index (χ0) is 17.8. The van der Waals surface area contributed by atoms with Gasteiger partial charge in [0.15, 0.2) is 0 Å². The Morgan fingerprint density at radius 1 is 1.28 bits per heavy atom. The molecule has 0 aromatic heterocycles. The molecular formula is C16H18F2N4O3. The van der Waals surface area contributed by atoms with Crippen LogP contribution in [-0.4, -0.2) is 49.4 Å². The molecule has 2 heterocycles. The highest BCUT2D eigenvalue weighted by Crippen LogP contribution is 2.13. The maximum absolute atomic E-state index is 13.7. The minimum absolute atomic E-state index is 0.0283. The van der Waals surface area contributed by atoms with E-state index in [0.717, 1.165) is 25.0 Å². The molecule has 0 radical (unpaired) electrons. The van der Waals surface area contributed by atoms with Gasteiger partial charge in [0.05, 0.1) is 18.7 Å². The predicted octanol–water partition coefficient (Wildman–Crippen LogP) is 0.318. The van der Waals surface area contributed by atoms with Crippen LogP contribution in [0, 0.1) is 11.6 Å². The molecule has 2 aliphatic heterocycles. The molecule has 3 rings (SSSR count). The van der Waals surface area contributed by atoms with Gasteiger partial charge >= 0.3 is 0 Å². The zero-order valence-electron chi connectivity index (χ0n) is 13.4. The average molecular weight is 352 g/mol. The van der Waals surface area contributed by atoms with Crippen molar-refractivity contribution in [3.63, 3.8) is 0 Å². The number of hydrazone groups is 1. The number of rotatable bonds is 5. The molecule has 0 bridgehead atoms. The molecular weight excluding hydrogens is 334 g/mol. The zero-order valence-corrected chi connectivity index (χ0v) is 13.4. The average Bonchev–Trinajstić information content (AvgIpc) is 3.24. The third-order valence-electron chi connectivity index (χ3n) is 4.07. The molecule has 2 amide bonds. The topological polar surface area (TPSA) is 91.8 Å². The second-order valence-corrected chi connectivity index (χ2v) is 5.83. The van der Waals surface area contributed by atoms with Crippen LogP contribution in [0.2, 0.25) is 0 Å². The summed E-state index contributed by atoms with van der Waals surface area (Å²) in [4.78, 5) is 24.4. The number of nitrogens with one attached hydrogen (secondary N) is 3. The number of carbonyl (C=O) groups excluding carboxylic acids is 2. The summed E-state index contributed by atoms with van der Waals surface area (Å²) in [6.45, 7) is 1.18. The van der Waals surface area contributed by atoms with Gasteiger partial charge in [-0.05, 0) is 25.0 Å². The first-order valence-electron chi connectivity index (χ1n) is 8.01. The van der Waals surface area contributed by atoms with Gasteiger partial charge in [-0.25, -0.2) is 8.78 Å². The van der Waals surface area contributed by atoms with Crippen LogP contribution in [0.25, 0.3) is 0 Å². The van der Waals surface area contributed by atoms with Crippen LogP contribution in [0.5, 0.6) is 0 Å². The van der Waals surface area contributed by atoms with Gasteiger partial charge < -0.3 is 20.8 Å². The Bertz CT molecular complexity index is 684. The quantitative estimate of drug-likeness (QED) is 0.712. The van der Waals surface area contributed by atoms with E-state index in [2.05, 4.69) is 21.2 Å². The van der Waals surface area contributed by atoms with Crippen molar-refractivity contribution in [3.05, 3.63) is 35.4 Å². The van der Waals surface area contributed by atoms with Crippen molar-refractivity contribution in [2.75, 3.05) is 19.7 Å². The first-order valence-corrected chi connectivity index (χ1v) is 8.01. The van der Waals surface area contributed by atoms with E-state index in [1.54, 1.807) is 0 Å². The van der Waals surface area contributed by atoms with Crippen molar-refractivity contribution in [1.82, 2.24) is 16.1 Å². The van der Waals surface area contributed by atoms with Gasteiger partial charge in [0.2, 0.25) is 0 Å². The molecule has 1 fully saturated rings. The molecule has 1 saturated heterocycles. The fraction of sp³-hybridized carbons (Fsp3) is 0.438.